The van der Waals surface area contributed by atoms with Gasteiger partial charge in [-0.3, -0.25) is 0 Å². The van der Waals surface area contributed by atoms with Crippen molar-refractivity contribution in [2.24, 2.45) is 0 Å². The summed E-state index contributed by atoms with van der Waals surface area (Å²) in [7, 11) is -2.98. The van der Waals surface area contributed by atoms with Crippen molar-refractivity contribution < 1.29 is 8.42 Å². The molecule has 2 atom stereocenters. The Bertz CT molecular complexity index is 338. The van der Waals surface area contributed by atoms with Crippen molar-refractivity contribution in [3.63, 3.8) is 0 Å². The zero-order chi connectivity index (χ0) is 10.5. The Hall–Kier alpha value is -0.130. The molecule has 5 heteroatoms. The van der Waals surface area contributed by atoms with E-state index in [1.807, 2.05) is 0 Å². The molecule has 3 rings (SSSR count). The molecule has 1 aliphatic carbocycles. The fraction of sp³-hybridized carbons (Fsp3) is 1.00. The molecule has 2 heterocycles. The fourth-order valence-corrected chi connectivity index (χ4v) is 4.47. The summed E-state index contributed by atoms with van der Waals surface area (Å²) in [4.78, 5) is 0. The zero-order valence-corrected chi connectivity index (χ0v) is 9.59. The summed E-state index contributed by atoms with van der Waals surface area (Å²) in [5, 5.41) is 3.44. The van der Waals surface area contributed by atoms with E-state index in [2.05, 4.69) is 10.0 Å². The van der Waals surface area contributed by atoms with Crippen LogP contribution in [-0.4, -0.2) is 31.8 Å². The second-order valence-electron chi connectivity index (χ2n) is 5.17. The van der Waals surface area contributed by atoms with E-state index in [0.717, 1.165) is 25.7 Å². The van der Waals surface area contributed by atoms with Gasteiger partial charge in [0.2, 0.25) is 10.0 Å². The van der Waals surface area contributed by atoms with Crippen LogP contribution in [0, 0.1) is 0 Å². The van der Waals surface area contributed by atoms with Crippen LogP contribution in [0.15, 0.2) is 0 Å². The lowest BCUT2D eigenvalue weighted by atomic mass is 10.0. The van der Waals surface area contributed by atoms with Crippen LogP contribution in [-0.2, 0) is 10.0 Å². The van der Waals surface area contributed by atoms with Crippen molar-refractivity contribution in [1.82, 2.24) is 10.0 Å². The highest BCUT2D eigenvalue weighted by Crippen LogP contribution is 2.31. The van der Waals surface area contributed by atoms with Gasteiger partial charge in [0, 0.05) is 18.1 Å². The number of nitrogens with one attached hydrogen (secondary N) is 2. The van der Waals surface area contributed by atoms with Crippen LogP contribution in [0.2, 0.25) is 0 Å². The average molecular weight is 230 g/mol. The molecule has 0 aromatic carbocycles. The normalized spacial score (nSPS) is 40.7. The van der Waals surface area contributed by atoms with Gasteiger partial charge in [0.05, 0.1) is 5.25 Å². The number of sulfonamides is 1. The Labute approximate surface area is 90.9 Å². The first-order valence-electron chi connectivity index (χ1n) is 5.91. The molecule has 1 saturated carbocycles. The van der Waals surface area contributed by atoms with Crippen LogP contribution in [0.25, 0.3) is 0 Å². The van der Waals surface area contributed by atoms with Gasteiger partial charge in [0.25, 0.3) is 0 Å². The van der Waals surface area contributed by atoms with Crippen LogP contribution < -0.4 is 10.0 Å². The molecule has 0 radical (unpaired) electrons. The third-order valence-electron chi connectivity index (χ3n) is 3.77. The highest BCUT2D eigenvalue weighted by Gasteiger charge is 2.40. The largest absolute Gasteiger partial charge is 0.311 e. The third kappa shape index (κ3) is 2.05. The van der Waals surface area contributed by atoms with Crippen LogP contribution in [0.1, 0.15) is 38.5 Å². The molecule has 2 N–H and O–H groups in total. The number of rotatable bonds is 3. The quantitative estimate of drug-likeness (QED) is 0.735. The Kier molecular flexibility index (Phi) is 2.30. The predicted octanol–water partition coefficient (Wildman–Crippen LogP) is 0.351. The summed E-state index contributed by atoms with van der Waals surface area (Å²) < 4.78 is 26.4. The van der Waals surface area contributed by atoms with Gasteiger partial charge in [-0.2, -0.15) is 0 Å². The van der Waals surface area contributed by atoms with Crippen molar-refractivity contribution >= 4 is 10.0 Å². The molecule has 2 aliphatic heterocycles. The highest BCUT2D eigenvalue weighted by molar-refractivity contribution is 7.90. The summed E-state index contributed by atoms with van der Waals surface area (Å²) >= 11 is 0. The Morgan fingerprint density at radius 2 is 1.60 bits per heavy atom. The molecule has 4 nitrogen and oxygen atoms in total. The van der Waals surface area contributed by atoms with E-state index in [1.54, 1.807) is 0 Å². The maximum Gasteiger partial charge on any atom is 0.214 e. The second-order valence-corrected chi connectivity index (χ2v) is 7.16. The minimum Gasteiger partial charge on any atom is -0.311 e. The maximum atomic E-state index is 11.8. The summed E-state index contributed by atoms with van der Waals surface area (Å²) in [6, 6.07) is 1.29. The minimum atomic E-state index is -2.98. The molecule has 3 aliphatic rings. The average Bonchev–Trinajstić information content (AvgIpc) is 2.93. The Morgan fingerprint density at radius 1 is 1.00 bits per heavy atom. The number of hydrogen-bond donors (Lipinski definition) is 2. The molecule has 2 bridgehead atoms. The van der Waals surface area contributed by atoms with Crippen LogP contribution in [0.3, 0.4) is 0 Å². The smallest absolute Gasteiger partial charge is 0.214 e. The monoisotopic (exact) mass is 230 g/mol. The first kappa shape index (κ1) is 10.1. The van der Waals surface area contributed by atoms with E-state index in [9.17, 15) is 8.42 Å². The Balaban J connectivity index is 1.64. The first-order chi connectivity index (χ1) is 7.13. The summed E-state index contributed by atoms with van der Waals surface area (Å²) in [5.74, 6) is 0. The van der Waals surface area contributed by atoms with Crippen LogP contribution in [0.5, 0.6) is 0 Å². The molecule has 0 spiro atoms. The van der Waals surface area contributed by atoms with Gasteiger partial charge < -0.3 is 5.32 Å². The zero-order valence-electron chi connectivity index (χ0n) is 8.78. The third-order valence-corrected chi connectivity index (χ3v) is 5.78. The fourth-order valence-electron chi connectivity index (χ4n) is 2.86. The van der Waals surface area contributed by atoms with Crippen molar-refractivity contribution in [3.8, 4) is 0 Å². The highest BCUT2D eigenvalue weighted by atomic mass is 32.2. The van der Waals surface area contributed by atoms with E-state index >= 15 is 0 Å². The molecular weight excluding hydrogens is 212 g/mol. The van der Waals surface area contributed by atoms with Crippen LogP contribution >= 0.6 is 0 Å². The first-order valence-corrected chi connectivity index (χ1v) is 7.45. The summed E-state index contributed by atoms with van der Waals surface area (Å²) in [6.45, 7) is 0. The van der Waals surface area contributed by atoms with Gasteiger partial charge in [-0.1, -0.05) is 0 Å². The van der Waals surface area contributed by atoms with E-state index in [-0.39, 0.29) is 11.3 Å². The predicted molar refractivity (Wildman–Crippen MR) is 58.0 cm³/mol. The number of piperidine rings is 1. The molecule has 3 fully saturated rings. The molecular formula is C10H18N2O2S. The SMILES string of the molecule is O=S(=O)(NC1CC2CCC(C1)N2)C1CC1. The lowest BCUT2D eigenvalue weighted by Gasteiger charge is -2.29. The molecule has 0 amide bonds. The molecule has 0 aromatic heterocycles. The minimum absolute atomic E-state index is 0.0787. The van der Waals surface area contributed by atoms with Crippen molar-refractivity contribution in [3.05, 3.63) is 0 Å². The van der Waals surface area contributed by atoms with Gasteiger partial charge in [-0.05, 0) is 38.5 Å². The number of hydrogen-bond acceptors (Lipinski definition) is 3. The number of fused-ring (bicyclic) bond motifs is 2. The van der Waals surface area contributed by atoms with Crippen molar-refractivity contribution in [2.45, 2.75) is 61.9 Å². The lowest BCUT2D eigenvalue weighted by Crippen LogP contribution is -2.48. The molecule has 2 unspecified atom stereocenters. The molecule has 15 heavy (non-hydrogen) atoms. The van der Waals surface area contributed by atoms with Gasteiger partial charge in [0.15, 0.2) is 0 Å². The molecule has 2 saturated heterocycles. The van der Waals surface area contributed by atoms with Gasteiger partial charge in [0.1, 0.15) is 0 Å². The Morgan fingerprint density at radius 3 is 2.13 bits per heavy atom. The second kappa shape index (κ2) is 3.43. The summed E-state index contributed by atoms with van der Waals surface area (Å²) in [6.07, 6.45) is 6.09. The summed E-state index contributed by atoms with van der Waals surface area (Å²) in [5.41, 5.74) is 0. The van der Waals surface area contributed by atoms with E-state index in [4.69, 9.17) is 0 Å². The standard InChI is InChI=1S/C10H18N2O2S/c13-15(14,10-3-4-10)12-9-5-7-1-2-8(6-9)11-7/h7-12H,1-6H2. The van der Waals surface area contributed by atoms with E-state index in [1.165, 1.54) is 12.8 Å². The van der Waals surface area contributed by atoms with E-state index in [0.29, 0.717) is 12.1 Å². The van der Waals surface area contributed by atoms with Gasteiger partial charge in [-0.15, -0.1) is 0 Å². The topological polar surface area (TPSA) is 58.2 Å². The van der Waals surface area contributed by atoms with Gasteiger partial charge in [-0.25, -0.2) is 13.1 Å². The lowest BCUT2D eigenvalue weighted by molar-refractivity contribution is 0.345. The molecule has 0 aromatic rings. The van der Waals surface area contributed by atoms with Crippen molar-refractivity contribution in [1.29, 1.82) is 0 Å². The van der Waals surface area contributed by atoms with Crippen LogP contribution in [0.4, 0.5) is 0 Å². The maximum absolute atomic E-state index is 11.8. The van der Waals surface area contributed by atoms with Gasteiger partial charge >= 0.3 is 0 Å². The van der Waals surface area contributed by atoms with Crippen molar-refractivity contribution in [2.75, 3.05) is 0 Å². The molecule has 86 valence electrons. The van der Waals surface area contributed by atoms with E-state index < -0.39 is 10.0 Å².